The predicted molar refractivity (Wildman–Crippen MR) is 448 cm³/mol. The third-order valence-corrected chi connectivity index (χ3v) is 26.3. The van der Waals surface area contributed by atoms with E-state index in [1.807, 2.05) is 33.8 Å². The highest BCUT2D eigenvalue weighted by Gasteiger charge is 2.74. The van der Waals surface area contributed by atoms with Crippen molar-refractivity contribution in [2.24, 2.45) is 51.6 Å². The van der Waals surface area contributed by atoms with Crippen LogP contribution in [0.4, 0.5) is 34.5 Å². The summed E-state index contributed by atoms with van der Waals surface area (Å²) in [6.45, 7) is 14.9. The average molecular weight is 1730 g/mol. The van der Waals surface area contributed by atoms with Crippen molar-refractivity contribution in [2.75, 3.05) is 96.7 Å². The number of Topliss-reactive ketones (excluding diaryl/α,β-unsaturated/α-hetero) is 1. The second-order valence-corrected chi connectivity index (χ2v) is 35.7. The van der Waals surface area contributed by atoms with Crippen molar-refractivity contribution in [3.05, 3.63) is 147 Å². The number of fused-ring (bicyclic) bond motifs is 5. The van der Waals surface area contributed by atoms with Gasteiger partial charge in [-0.1, -0.05) is 107 Å². The van der Waals surface area contributed by atoms with Crippen molar-refractivity contribution >= 4 is 93.9 Å². The van der Waals surface area contributed by atoms with Crippen molar-refractivity contribution in [2.45, 2.75) is 185 Å². The number of nitrogens with one attached hydrogen (secondary N) is 7. The summed E-state index contributed by atoms with van der Waals surface area (Å²) < 4.78 is 66.7. The molecule has 2 saturated heterocycles. The van der Waals surface area contributed by atoms with E-state index in [1.165, 1.54) is 66.6 Å². The number of aliphatic hydroxyl groups is 2. The summed E-state index contributed by atoms with van der Waals surface area (Å²) in [4.78, 5) is 137. The fourth-order valence-corrected chi connectivity index (χ4v) is 19.8. The van der Waals surface area contributed by atoms with Crippen molar-refractivity contribution in [3.8, 4) is 11.8 Å². The number of amides is 9. The first-order valence-corrected chi connectivity index (χ1v) is 42.6. The number of aliphatic hydroxyl groups excluding tert-OH is 1. The molecule has 0 radical (unpaired) electrons. The van der Waals surface area contributed by atoms with Gasteiger partial charge < -0.3 is 91.4 Å². The van der Waals surface area contributed by atoms with E-state index in [4.69, 9.17) is 57.4 Å². The summed E-state index contributed by atoms with van der Waals surface area (Å²) >= 11 is 12.5. The number of allylic oxidation sites excluding steroid dienone is 4. The number of urea groups is 1. The van der Waals surface area contributed by atoms with Crippen LogP contribution < -0.4 is 47.7 Å². The largest absolute Gasteiger partial charge is 0.495 e. The van der Waals surface area contributed by atoms with Gasteiger partial charge in [-0.3, -0.25) is 33.6 Å². The summed E-state index contributed by atoms with van der Waals surface area (Å²) in [5, 5.41) is 55.4. The van der Waals surface area contributed by atoms with Gasteiger partial charge in [0.2, 0.25) is 23.6 Å². The van der Waals surface area contributed by atoms with Gasteiger partial charge in [-0.25, -0.2) is 23.2 Å². The average Bonchev–Trinajstić information content (AvgIpc) is 1.39. The van der Waals surface area contributed by atoms with Gasteiger partial charge >= 0.3 is 18.2 Å². The van der Waals surface area contributed by atoms with E-state index in [0.29, 0.717) is 49.8 Å². The van der Waals surface area contributed by atoms with Gasteiger partial charge in [-0.2, -0.15) is 5.26 Å². The minimum Gasteiger partial charge on any atom is -0.495 e. The number of ketones is 2. The number of primary amides is 1. The fourth-order valence-electron chi connectivity index (χ4n) is 19.5. The molecule has 11 rings (SSSR count). The van der Waals surface area contributed by atoms with E-state index < -0.39 is 135 Å². The third kappa shape index (κ3) is 20.9. The Kier molecular flexibility index (Phi) is 30.8. The molecule has 11 N–H and O–H groups in total. The molecular weight excluding hydrogens is 1620 g/mol. The Morgan fingerprint density at radius 1 is 0.795 bits per heavy atom. The Morgan fingerprint density at radius 3 is 2.15 bits per heavy atom. The zero-order chi connectivity index (χ0) is 88.2. The molecule has 5 aliphatic carbocycles. The van der Waals surface area contributed by atoms with Gasteiger partial charge in [-0.05, 0) is 177 Å². The van der Waals surface area contributed by atoms with Gasteiger partial charge in [-0.15, -0.1) is 0 Å². The van der Waals surface area contributed by atoms with E-state index in [1.54, 1.807) is 49.1 Å². The second-order valence-electron chi connectivity index (χ2n) is 34.9. The minimum absolute atomic E-state index is 0.00663. The normalized spacial score (nSPS) is 26.6. The standard InChI is InChI=1S/C89H113Cl2F2N11O18/c1-51(2)74(102-70(106)30-39-118-41-43-120-44-42-119-40-34-96-78(109)54-18-27-66(68(45-54)117-8)99-81(112)75-71(60-11-9-12-64(91)73(60)93)88(50-94,69(101-75)48-85(3,4)5)62-26-20-56(90)47-65(62)92)80(111)100-67(13-10-33-97-82(95)113)79(110)98-57-21-14-52(15-22-57)49-121-83(114)103-35-37-104(38-36-103)84(115)122-59-28-31-86(6)55(46-59)19-25-63-72(86)76(107)77(108)87(7)61(29-32-89(63,87)116)53-16-23-58(105)24-17-53/h9,11-12,14-18,20-23,26-27,45,47,51,55,59,61,63,67,69,71-72,74-76,101,107,116H,10,13,19,24-25,28-44,46,48-49H2,1-8H3,(H,96,109)(H,98,110)(H,99,112)(H,100,111)(H,102,106)(H3,95,97,113)/t55-,59+,61?,63-,67+,69+,71+,72-,74+,75-,76+,86+,87+,88+,89+/m1/s1. The number of hydrogen-bond donors (Lipinski definition) is 10. The summed E-state index contributed by atoms with van der Waals surface area (Å²) in [6.07, 6.45) is 7.22. The number of nitrogens with zero attached hydrogens (tertiary/aromatic N) is 3. The number of methoxy groups -OCH3 is 1. The number of carbonyl (C=O) groups is 10. The molecule has 15 atom stereocenters. The molecule has 7 aliphatic rings. The van der Waals surface area contributed by atoms with Crippen LogP contribution in [0.15, 0.2) is 103 Å². The zero-order valence-electron chi connectivity index (χ0n) is 70.2. The lowest BCUT2D eigenvalue weighted by atomic mass is 9.42. The molecule has 4 aromatic carbocycles. The summed E-state index contributed by atoms with van der Waals surface area (Å²) in [6, 6.07) is 16.2. The molecule has 9 amide bonds. The van der Waals surface area contributed by atoms with Gasteiger partial charge in [0, 0.05) is 91.8 Å². The number of hydrogen-bond acceptors (Lipinski definition) is 20. The van der Waals surface area contributed by atoms with E-state index in [2.05, 4.69) is 50.2 Å². The predicted octanol–water partition coefficient (Wildman–Crippen LogP) is 10.3. The molecule has 660 valence electrons. The maximum Gasteiger partial charge on any atom is 0.410 e. The number of nitrogens with two attached hydrogens (primary N) is 1. The first-order valence-electron chi connectivity index (χ1n) is 41.9. The smallest absolute Gasteiger partial charge is 0.410 e. The Labute approximate surface area is 719 Å². The maximum absolute atomic E-state index is 16.3. The van der Waals surface area contributed by atoms with Crippen LogP contribution in [-0.4, -0.2) is 207 Å². The molecule has 0 spiro atoms. The van der Waals surface area contributed by atoms with Crippen molar-refractivity contribution in [3.63, 3.8) is 0 Å². The molecule has 4 aromatic rings. The highest BCUT2D eigenvalue weighted by molar-refractivity contribution is 6.31. The van der Waals surface area contributed by atoms with Crippen LogP contribution in [0.2, 0.25) is 10.0 Å². The number of rotatable bonds is 33. The Balaban J connectivity index is 0.560. The lowest BCUT2D eigenvalue weighted by molar-refractivity contribution is -0.230. The van der Waals surface area contributed by atoms with Crippen molar-refractivity contribution < 1.29 is 95.4 Å². The molecule has 4 saturated carbocycles. The molecule has 1 unspecified atom stereocenters. The molecular formula is C89H113Cl2F2N11O18. The summed E-state index contributed by atoms with van der Waals surface area (Å²) in [5.74, 6) is -7.57. The Morgan fingerprint density at radius 2 is 1.49 bits per heavy atom. The molecule has 0 aromatic heterocycles. The topological polar surface area (TPSA) is 407 Å². The summed E-state index contributed by atoms with van der Waals surface area (Å²) in [7, 11) is 1.35. The lowest BCUT2D eigenvalue weighted by Crippen LogP contribution is -2.70. The van der Waals surface area contributed by atoms with E-state index in [0.717, 1.165) is 18.1 Å². The van der Waals surface area contributed by atoms with E-state index in [9.17, 15) is 63.4 Å². The van der Waals surface area contributed by atoms with E-state index >= 15 is 8.78 Å². The zero-order valence-corrected chi connectivity index (χ0v) is 71.7. The minimum atomic E-state index is -1.86. The van der Waals surface area contributed by atoms with Gasteiger partial charge in [0.05, 0.1) is 80.6 Å². The number of anilines is 2. The van der Waals surface area contributed by atoms with Gasteiger partial charge in [0.15, 0.2) is 11.6 Å². The number of ether oxygens (including phenoxy) is 6. The van der Waals surface area contributed by atoms with Crippen molar-refractivity contribution in [1.29, 1.82) is 5.26 Å². The van der Waals surface area contributed by atoms with Crippen molar-refractivity contribution in [1.82, 2.24) is 36.4 Å². The van der Waals surface area contributed by atoms with Crippen LogP contribution in [-0.2, 0) is 64.5 Å². The molecule has 29 nitrogen and oxygen atoms in total. The number of halogens is 4. The van der Waals surface area contributed by atoms with Crippen LogP contribution >= 0.6 is 23.2 Å². The highest BCUT2D eigenvalue weighted by atomic mass is 35.5. The van der Waals surface area contributed by atoms with Crippen LogP contribution in [0.25, 0.3) is 0 Å². The second kappa shape index (κ2) is 40.3. The molecule has 122 heavy (non-hydrogen) atoms. The first kappa shape index (κ1) is 93.1. The van der Waals surface area contributed by atoms with Gasteiger partial charge in [0.1, 0.15) is 53.7 Å². The first-order chi connectivity index (χ1) is 58.0. The van der Waals surface area contributed by atoms with Crippen LogP contribution in [0.3, 0.4) is 0 Å². The fraction of sp³-hybridized carbons (Fsp3) is 0.562. The molecule has 6 fully saturated rings. The monoisotopic (exact) mass is 1730 g/mol. The molecule has 2 heterocycles. The number of piperazine rings is 1. The van der Waals surface area contributed by atoms with E-state index in [-0.39, 0.29) is 191 Å². The number of carbonyl (C=O) groups excluding carboxylic acids is 10. The molecule has 33 heteroatoms. The number of benzene rings is 4. The molecule has 2 aliphatic heterocycles. The molecule has 0 bridgehead atoms. The maximum atomic E-state index is 16.3. The van der Waals surface area contributed by atoms with Crippen LogP contribution in [0.5, 0.6) is 5.75 Å². The Hall–Kier alpha value is -9.65. The van der Waals surface area contributed by atoms with Gasteiger partial charge in [0.25, 0.3) is 5.91 Å². The lowest BCUT2D eigenvalue weighted by Gasteiger charge is -2.64. The third-order valence-electron chi connectivity index (χ3n) is 25.8. The quantitative estimate of drug-likeness (QED) is 0.0198. The summed E-state index contributed by atoms with van der Waals surface area (Å²) in [5.41, 5.74) is 1.96. The SMILES string of the molecule is COc1cc(C(=O)NCCOCCOCCOCCC(=O)N[C@H](C(=O)N[C@@H](CCCNC(N)=O)C(=O)Nc2ccc(COC(=O)N3CCN(C(=O)O[C@H]4CC[C@@]5(C)[C@H](CC[C@@H]6[C@@H]5[C@H](O)C(=O)[C@]5(C)C(C7=CCC(=O)C=C7)CC[C@]65O)C4)CC3)cc2)C(C)C)ccc1NC(=O)[C@@H]1N[C@@H](CC(C)(C)C)[C@](C#N)(c2ccc(Cl)cc2F)[C@H]1c1cccc(Cl)c1F. The highest BCUT2D eigenvalue weighted by Crippen LogP contribution is 2.69. The Bertz CT molecular complexity index is 4630. The van der Waals surface area contributed by atoms with Crippen LogP contribution in [0, 0.1) is 68.8 Å². The van der Waals surface area contributed by atoms with Crippen LogP contribution in [0.1, 0.15) is 158 Å². The number of nitriles is 1.